The first kappa shape index (κ1) is 16.2. The molecule has 0 fully saturated rings. The second kappa shape index (κ2) is 6.84. The molecule has 0 aliphatic heterocycles. The zero-order valence-electron chi connectivity index (χ0n) is 13.1. The summed E-state index contributed by atoms with van der Waals surface area (Å²) in [4.78, 5) is 29.5. The fourth-order valence-corrected chi connectivity index (χ4v) is 2.80. The quantitative estimate of drug-likeness (QED) is 0.788. The van der Waals surface area contributed by atoms with Crippen molar-refractivity contribution in [2.24, 2.45) is 0 Å². The van der Waals surface area contributed by atoms with Gasteiger partial charge in [0.15, 0.2) is 0 Å². The van der Waals surface area contributed by atoms with Gasteiger partial charge >= 0.3 is 0 Å². The van der Waals surface area contributed by atoms with E-state index in [9.17, 15) is 9.59 Å². The van der Waals surface area contributed by atoms with Crippen LogP contribution in [0.1, 0.15) is 19.4 Å². The fourth-order valence-electron chi connectivity index (χ4n) is 2.61. The SMILES string of the molecule is CCC(C(=O)Nc1cccc(Cl)c1)n1cnc2ccccc2c1=O. The van der Waals surface area contributed by atoms with E-state index in [4.69, 9.17) is 11.6 Å². The Kier molecular flexibility index (Phi) is 4.62. The number of carbonyl (C=O) groups excluding carboxylic acids is 1. The maximum Gasteiger partial charge on any atom is 0.261 e. The third-order valence-electron chi connectivity index (χ3n) is 3.81. The van der Waals surface area contributed by atoms with E-state index < -0.39 is 6.04 Å². The van der Waals surface area contributed by atoms with Crippen LogP contribution in [0.25, 0.3) is 10.9 Å². The second-order valence-corrected chi connectivity index (χ2v) is 5.83. The highest BCUT2D eigenvalue weighted by Crippen LogP contribution is 2.18. The molecule has 1 aromatic heterocycles. The third kappa shape index (κ3) is 3.16. The maximum atomic E-state index is 12.7. The van der Waals surface area contributed by atoms with E-state index in [0.29, 0.717) is 28.0 Å². The number of aromatic nitrogens is 2. The Bertz CT molecular complexity index is 952. The van der Waals surface area contributed by atoms with Crippen molar-refractivity contribution in [3.8, 4) is 0 Å². The molecule has 1 unspecified atom stereocenters. The summed E-state index contributed by atoms with van der Waals surface area (Å²) in [6.07, 6.45) is 1.89. The number of benzene rings is 2. The Balaban J connectivity index is 1.95. The lowest BCUT2D eigenvalue weighted by molar-refractivity contribution is -0.119. The molecule has 0 aliphatic rings. The Labute approximate surface area is 143 Å². The Morgan fingerprint density at radius 1 is 1.25 bits per heavy atom. The van der Waals surface area contributed by atoms with Crippen LogP contribution in [0.5, 0.6) is 0 Å². The number of hydrogen-bond acceptors (Lipinski definition) is 3. The minimum absolute atomic E-state index is 0.228. The van der Waals surface area contributed by atoms with Gasteiger partial charge < -0.3 is 5.32 Å². The number of halogens is 1. The van der Waals surface area contributed by atoms with Crippen LogP contribution in [-0.2, 0) is 4.79 Å². The molecule has 0 spiro atoms. The van der Waals surface area contributed by atoms with E-state index in [1.165, 1.54) is 10.9 Å². The van der Waals surface area contributed by atoms with Crippen molar-refractivity contribution in [1.29, 1.82) is 0 Å². The van der Waals surface area contributed by atoms with Crippen LogP contribution < -0.4 is 10.9 Å². The lowest BCUT2D eigenvalue weighted by Crippen LogP contribution is -2.33. The van der Waals surface area contributed by atoms with E-state index in [-0.39, 0.29) is 11.5 Å². The molecule has 1 atom stereocenters. The summed E-state index contributed by atoms with van der Waals surface area (Å²) in [6, 6.07) is 13.3. The van der Waals surface area contributed by atoms with Gasteiger partial charge in [0.05, 0.1) is 17.2 Å². The van der Waals surface area contributed by atoms with Crippen LogP contribution in [0.4, 0.5) is 5.69 Å². The molecule has 0 radical (unpaired) electrons. The number of fused-ring (bicyclic) bond motifs is 1. The normalized spacial score (nSPS) is 12.1. The molecule has 3 aromatic rings. The Morgan fingerprint density at radius 3 is 2.79 bits per heavy atom. The average Bonchev–Trinajstić information content (AvgIpc) is 2.58. The second-order valence-electron chi connectivity index (χ2n) is 5.40. The van der Waals surface area contributed by atoms with Crippen molar-refractivity contribution in [1.82, 2.24) is 9.55 Å². The summed E-state index contributed by atoms with van der Waals surface area (Å²) in [6.45, 7) is 1.85. The van der Waals surface area contributed by atoms with E-state index in [0.717, 1.165) is 0 Å². The van der Waals surface area contributed by atoms with Crippen molar-refractivity contribution >= 4 is 34.1 Å². The number of para-hydroxylation sites is 1. The molecule has 3 rings (SSSR count). The molecule has 0 saturated carbocycles. The zero-order chi connectivity index (χ0) is 17.1. The van der Waals surface area contributed by atoms with Gasteiger partial charge in [-0.2, -0.15) is 0 Å². The van der Waals surface area contributed by atoms with Gasteiger partial charge in [-0.3, -0.25) is 14.2 Å². The molecule has 6 heteroatoms. The molecule has 0 aliphatic carbocycles. The number of nitrogens with one attached hydrogen (secondary N) is 1. The number of anilines is 1. The largest absolute Gasteiger partial charge is 0.324 e. The Morgan fingerprint density at radius 2 is 2.04 bits per heavy atom. The number of hydrogen-bond donors (Lipinski definition) is 1. The van der Waals surface area contributed by atoms with Gasteiger partial charge in [0.1, 0.15) is 6.04 Å². The van der Waals surface area contributed by atoms with Crippen LogP contribution in [-0.4, -0.2) is 15.5 Å². The van der Waals surface area contributed by atoms with Gasteiger partial charge in [0, 0.05) is 10.7 Å². The van der Waals surface area contributed by atoms with Gasteiger partial charge in [-0.15, -0.1) is 0 Å². The first-order valence-electron chi connectivity index (χ1n) is 7.62. The monoisotopic (exact) mass is 341 g/mol. The molecule has 5 nitrogen and oxygen atoms in total. The maximum absolute atomic E-state index is 12.7. The van der Waals surface area contributed by atoms with Crippen molar-refractivity contribution in [2.45, 2.75) is 19.4 Å². The lowest BCUT2D eigenvalue weighted by atomic mass is 10.1. The first-order chi connectivity index (χ1) is 11.6. The molecular weight excluding hydrogens is 326 g/mol. The average molecular weight is 342 g/mol. The minimum Gasteiger partial charge on any atom is -0.324 e. The first-order valence-corrected chi connectivity index (χ1v) is 8.00. The number of carbonyl (C=O) groups is 1. The highest BCUT2D eigenvalue weighted by Gasteiger charge is 2.21. The van der Waals surface area contributed by atoms with E-state index in [2.05, 4.69) is 10.3 Å². The van der Waals surface area contributed by atoms with Gasteiger partial charge in [-0.1, -0.05) is 36.7 Å². The summed E-state index contributed by atoms with van der Waals surface area (Å²) in [7, 11) is 0. The standard InChI is InChI=1S/C18H16ClN3O2/c1-2-16(17(23)21-13-7-5-6-12(19)10-13)22-11-20-15-9-4-3-8-14(15)18(22)24/h3-11,16H,2H2,1H3,(H,21,23). The number of nitrogens with zero attached hydrogens (tertiary/aromatic N) is 2. The lowest BCUT2D eigenvalue weighted by Gasteiger charge is -2.18. The summed E-state index contributed by atoms with van der Waals surface area (Å²) in [5.74, 6) is -0.279. The topological polar surface area (TPSA) is 64.0 Å². The van der Waals surface area contributed by atoms with Crippen molar-refractivity contribution < 1.29 is 4.79 Å². The molecule has 1 amide bonds. The van der Waals surface area contributed by atoms with E-state index in [1.54, 1.807) is 42.5 Å². The molecule has 1 N–H and O–H groups in total. The van der Waals surface area contributed by atoms with Crippen LogP contribution in [0, 0.1) is 0 Å². The van der Waals surface area contributed by atoms with Crippen molar-refractivity contribution in [3.63, 3.8) is 0 Å². The number of amides is 1. The van der Waals surface area contributed by atoms with Crippen molar-refractivity contribution in [2.75, 3.05) is 5.32 Å². The van der Waals surface area contributed by atoms with Gasteiger partial charge in [0.2, 0.25) is 5.91 Å². The molecule has 24 heavy (non-hydrogen) atoms. The molecule has 2 aromatic carbocycles. The summed E-state index contributed by atoms with van der Waals surface area (Å²) in [5, 5.41) is 3.82. The smallest absolute Gasteiger partial charge is 0.261 e. The van der Waals surface area contributed by atoms with Crippen LogP contribution in [0.3, 0.4) is 0 Å². The van der Waals surface area contributed by atoms with Crippen molar-refractivity contribution in [3.05, 3.63) is 70.2 Å². The summed E-state index contributed by atoms with van der Waals surface area (Å²) >= 11 is 5.93. The van der Waals surface area contributed by atoms with Gasteiger partial charge in [0.25, 0.3) is 5.56 Å². The molecule has 1 heterocycles. The minimum atomic E-state index is -0.645. The molecular formula is C18H16ClN3O2. The van der Waals surface area contributed by atoms with Crippen LogP contribution >= 0.6 is 11.6 Å². The summed E-state index contributed by atoms with van der Waals surface area (Å²) in [5.41, 5.74) is 0.977. The van der Waals surface area contributed by atoms with E-state index >= 15 is 0 Å². The summed E-state index contributed by atoms with van der Waals surface area (Å²) < 4.78 is 1.38. The zero-order valence-corrected chi connectivity index (χ0v) is 13.8. The fraction of sp³-hybridized carbons (Fsp3) is 0.167. The highest BCUT2D eigenvalue weighted by atomic mass is 35.5. The van der Waals surface area contributed by atoms with Gasteiger partial charge in [-0.05, 0) is 36.8 Å². The molecule has 0 saturated heterocycles. The van der Waals surface area contributed by atoms with Gasteiger partial charge in [-0.25, -0.2) is 4.98 Å². The van der Waals surface area contributed by atoms with Crippen LogP contribution in [0.15, 0.2) is 59.7 Å². The van der Waals surface area contributed by atoms with E-state index in [1.807, 2.05) is 13.0 Å². The highest BCUT2D eigenvalue weighted by molar-refractivity contribution is 6.30. The molecule has 122 valence electrons. The predicted molar refractivity (Wildman–Crippen MR) is 95.4 cm³/mol. The third-order valence-corrected chi connectivity index (χ3v) is 4.04. The predicted octanol–water partition coefficient (Wildman–Crippen LogP) is 3.64. The number of rotatable bonds is 4. The molecule has 0 bridgehead atoms. The Hall–Kier alpha value is -2.66. The van der Waals surface area contributed by atoms with Crippen LogP contribution in [0.2, 0.25) is 5.02 Å².